The van der Waals surface area contributed by atoms with Crippen LogP contribution >= 0.6 is 23.8 Å². The lowest BCUT2D eigenvalue weighted by atomic mass is 10.2. The average Bonchev–Trinajstić information content (AvgIpc) is 2.57. The Balaban J connectivity index is 2.00. The van der Waals surface area contributed by atoms with Crippen molar-refractivity contribution < 1.29 is 9.47 Å². The lowest BCUT2D eigenvalue weighted by Gasteiger charge is -2.12. The van der Waals surface area contributed by atoms with Crippen LogP contribution in [-0.2, 0) is 0 Å². The van der Waals surface area contributed by atoms with Gasteiger partial charge in [-0.1, -0.05) is 29.8 Å². The third-order valence-electron chi connectivity index (χ3n) is 3.01. The normalized spacial score (nSPS) is 10.5. The summed E-state index contributed by atoms with van der Waals surface area (Å²) in [6, 6.07) is 13.0. The fourth-order valence-electron chi connectivity index (χ4n) is 2.00. The van der Waals surface area contributed by atoms with Gasteiger partial charge in [0.2, 0.25) is 0 Å². The number of nitrogens with one attached hydrogen (secondary N) is 2. The van der Waals surface area contributed by atoms with Crippen molar-refractivity contribution in [2.24, 2.45) is 5.10 Å². The van der Waals surface area contributed by atoms with Gasteiger partial charge in [-0.25, -0.2) is 0 Å². The van der Waals surface area contributed by atoms with Crippen LogP contribution in [0.2, 0.25) is 5.02 Å². The molecule has 0 bridgehead atoms. The SMILES string of the molecule is CCOc1ccccc1/C=N/NC(=S)Nc1cccc(Cl)c1OC. The molecule has 2 aromatic carbocycles. The summed E-state index contributed by atoms with van der Waals surface area (Å²) in [5.41, 5.74) is 4.27. The topological polar surface area (TPSA) is 54.9 Å². The Hall–Kier alpha value is -2.31. The van der Waals surface area contributed by atoms with Crippen LogP contribution in [0.4, 0.5) is 5.69 Å². The Kier molecular flexibility index (Phi) is 6.84. The van der Waals surface area contributed by atoms with Gasteiger partial charge in [-0.05, 0) is 43.4 Å². The highest BCUT2D eigenvalue weighted by Crippen LogP contribution is 2.32. The zero-order valence-corrected chi connectivity index (χ0v) is 14.9. The van der Waals surface area contributed by atoms with Crippen LogP contribution in [0.3, 0.4) is 0 Å². The summed E-state index contributed by atoms with van der Waals surface area (Å²) >= 11 is 11.3. The predicted octanol–water partition coefficient (Wildman–Crippen LogP) is 4.07. The number of methoxy groups -OCH3 is 1. The minimum Gasteiger partial charge on any atom is -0.493 e. The smallest absolute Gasteiger partial charge is 0.191 e. The van der Waals surface area contributed by atoms with Gasteiger partial charge in [-0.15, -0.1) is 0 Å². The van der Waals surface area contributed by atoms with Crippen molar-refractivity contribution in [1.82, 2.24) is 5.43 Å². The second-order valence-corrected chi connectivity index (χ2v) is 5.43. The summed E-state index contributed by atoms with van der Waals surface area (Å²) in [4.78, 5) is 0. The summed E-state index contributed by atoms with van der Waals surface area (Å²) in [5, 5.41) is 7.94. The largest absolute Gasteiger partial charge is 0.493 e. The molecule has 2 rings (SSSR count). The molecule has 5 nitrogen and oxygen atoms in total. The molecule has 0 heterocycles. The van der Waals surface area contributed by atoms with Gasteiger partial charge in [0.15, 0.2) is 10.9 Å². The van der Waals surface area contributed by atoms with Gasteiger partial charge in [-0.3, -0.25) is 5.43 Å². The van der Waals surface area contributed by atoms with Gasteiger partial charge >= 0.3 is 0 Å². The number of hydrogen-bond acceptors (Lipinski definition) is 4. The van der Waals surface area contributed by atoms with E-state index < -0.39 is 0 Å². The third kappa shape index (κ3) is 4.84. The van der Waals surface area contributed by atoms with Crippen molar-refractivity contribution in [3.05, 3.63) is 53.1 Å². The Morgan fingerprint density at radius 1 is 1.25 bits per heavy atom. The molecule has 0 spiro atoms. The first kappa shape index (κ1) is 18.0. The molecule has 7 heteroatoms. The van der Waals surface area contributed by atoms with Crippen molar-refractivity contribution in [2.75, 3.05) is 19.0 Å². The van der Waals surface area contributed by atoms with E-state index in [1.165, 1.54) is 0 Å². The monoisotopic (exact) mass is 363 g/mol. The molecular formula is C17H18ClN3O2S. The van der Waals surface area contributed by atoms with E-state index in [9.17, 15) is 0 Å². The molecule has 0 radical (unpaired) electrons. The van der Waals surface area contributed by atoms with Crippen LogP contribution in [0, 0.1) is 0 Å². The van der Waals surface area contributed by atoms with Crippen molar-refractivity contribution in [1.29, 1.82) is 0 Å². The van der Waals surface area contributed by atoms with E-state index in [1.54, 1.807) is 25.5 Å². The maximum absolute atomic E-state index is 6.07. The summed E-state index contributed by atoms with van der Waals surface area (Å²) in [5.74, 6) is 1.29. The first-order chi connectivity index (χ1) is 11.7. The lowest BCUT2D eigenvalue weighted by molar-refractivity contribution is 0.340. The standard InChI is InChI=1S/C17H18ClN3O2S/c1-3-23-15-10-5-4-7-12(15)11-19-21-17(24)20-14-9-6-8-13(18)16(14)22-2/h4-11H,3H2,1-2H3,(H2,20,21,24)/b19-11+. The number of hydrazone groups is 1. The number of thiocarbonyl (C=S) groups is 1. The van der Waals surface area contributed by atoms with Crippen molar-refractivity contribution in [2.45, 2.75) is 6.92 Å². The van der Waals surface area contributed by atoms with Crippen molar-refractivity contribution in [3.63, 3.8) is 0 Å². The number of hydrogen-bond donors (Lipinski definition) is 2. The van der Waals surface area contributed by atoms with Gasteiger partial charge in [0.05, 0.1) is 30.6 Å². The first-order valence-electron chi connectivity index (χ1n) is 7.30. The van der Waals surface area contributed by atoms with Gasteiger partial charge in [-0.2, -0.15) is 5.10 Å². The Morgan fingerprint density at radius 2 is 2.04 bits per heavy atom. The fraction of sp³-hybridized carbons (Fsp3) is 0.176. The number of anilines is 1. The second kappa shape index (κ2) is 9.10. The maximum atomic E-state index is 6.07. The highest BCUT2D eigenvalue weighted by atomic mass is 35.5. The van der Waals surface area contributed by atoms with E-state index in [-0.39, 0.29) is 0 Å². The van der Waals surface area contributed by atoms with Crippen LogP contribution in [0.1, 0.15) is 12.5 Å². The molecule has 126 valence electrons. The zero-order valence-electron chi connectivity index (χ0n) is 13.4. The molecule has 0 unspecified atom stereocenters. The molecule has 0 aromatic heterocycles. The molecule has 0 atom stereocenters. The van der Waals surface area contributed by atoms with Crippen LogP contribution in [0.25, 0.3) is 0 Å². The molecule has 24 heavy (non-hydrogen) atoms. The summed E-state index contributed by atoms with van der Waals surface area (Å²) in [7, 11) is 1.55. The van der Waals surface area contributed by atoms with Crippen LogP contribution in [-0.4, -0.2) is 25.0 Å². The van der Waals surface area contributed by atoms with Gasteiger partial charge in [0, 0.05) is 5.56 Å². The Bertz CT molecular complexity index is 738. The maximum Gasteiger partial charge on any atom is 0.191 e. The lowest BCUT2D eigenvalue weighted by Crippen LogP contribution is -2.24. The van der Waals surface area contributed by atoms with E-state index in [1.807, 2.05) is 37.3 Å². The minimum atomic E-state index is 0.320. The molecule has 0 aliphatic heterocycles. The van der Waals surface area contributed by atoms with Gasteiger partial charge in [0.1, 0.15) is 5.75 Å². The summed E-state index contributed by atoms with van der Waals surface area (Å²) in [6.45, 7) is 2.52. The fourth-order valence-corrected chi connectivity index (χ4v) is 2.41. The molecule has 0 amide bonds. The van der Waals surface area contributed by atoms with Gasteiger partial charge in [0.25, 0.3) is 0 Å². The third-order valence-corrected chi connectivity index (χ3v) is 3.50. The number of halogens is 1. The molecular weight excluding hydrogens is 346 g/mol. The van der Waals surface area contributed by atoms with Crippen LogP contribution in [0.15, 0.2) is 47.6 Å². The molecule has 0 aliphatic rings. The van der Waals surface area contributed by atoms with Crippen molar-refractivity contribution in [3.8, 4) is 11.5 Å². The average molecular weight is 364 g/mol. The molecule has 0 saturated carbocycles. The highest BCUT2D eigenvalue weighted by Gasteiger charge is 2.08. The number of ether oxygens (including phenoxy) is 2. The van der Waals surface area contributed by atoms with E-state index in [4.69, 9.17) is 33.3 Å². The van der Waals surface area contributed by atoms with Gasteiger partial charge < -0.3 is 14.8 Å². The van der Waals surface area contributed by atoms with Crippen molar-refractivity contribution >= 4 is 40.8 Å². The molecule has 0 fully saturated rings. The summed E-state index contributed by atoms with van der Waals surface area (Å²) < 4.78 is 10.8. The second-order valence-electron chi connectivity index (χ2n) is 4.62. The number of para-hydroxylation sites is 2. The highest BCUT2D eigenvalue weighted by molar-refractivity contribution is 7.80. The predicted molar refractivity (Wildman–Crippen MR) is 103 cm³/mol. The number of nitrogens with zero attached hydrogens (tertiary/aromatic N) is 1. The van der Waals surface area contributed by atoms with Crippen LogP contribution in [0.5, 0.6) is 11.5 Å². The van der Waals surface area contributed by atoms with E-state index >= 15 is 0 Å². The Labute approximate surface area is 151 Å². The first-order valence-corrected chi connectivity index (χ1v) is 8.08. The molecule has 0 saturated heterocycles. The van der Waals surface area contributed by atoms with E-state index in [2.05, 4.69) is 15.8 Å². The van der Waals surface area contributed by atoms with E-state index in [0.29, 0.717) is 28.2 Å². The Morgan fingerprint density at radius 3 is 2.79 bits per heavy atom. The summed E-state index contributed by atoms with van der Waals surface area (Å²) in [6.07, 6.45) is 1.65. The van der Waals surface area contributed by atoms with E-state index in [0.717, 1.165) is 11.3 Å². The van der Waals surface area contributed by atoms with Crippen LogP contribution < -0.4 is 20.2 Å². The minimum absolute atomic E-state index is 0.320. The zero-order chi connectivity index (χ0) is 17.4. The quantitative estimate of drug-likeness (QED) is 0.460. The molecule has 2 aromatic rings. The number of rotatable bonds is 6. The number of benzene rings is 2. The molecule has 2 N–H and O–H groups in total. The molecule has 0 aliphatic carbocycles.